The zero-order valence-corrected chi connectivity index (χ0v) is 10.2. The number of hydrogen-bond donors (Lipinski definition) is 1. The van der Waals surface area contributed by atoms with Gasteiger partial charge in [-0.3, -0.25) is 0 Å². The number of hydrogen-bond acceptors (Lipinski definition) is 3. The van der Waals surface area contributed by atoms with Crippen LogP contribution >= 0.6 is 0 Å². The summed E-state index contributed by atoms with van der Waals surface area (Å²) in [7, 11) is -1.91. The second-order valence-corrected chi connectivity index (χ2v) is 5.20. The van der Waals surface area contributed by atoms with Crippen molar-refractivity contribution in [1.82, 2.24) is 9.03 Å². The summed E-state index contributed by atoms with van der Waals surface area (Å²) in [6.45, 7) is 2.76. The fourth-order valence-electron chi connectivity index (χ4n) is 1.01. The highest BCUT2D eigenvalue weighted by Crippen LogP contribution is 1.97. The molecule has 0 bridgehead atoms. The van der Waals surface area contributed by atoms with Crippen molar-refractivity contribution >= 4 is 10.2 Å². The van der Waals surface area contributed by atoms with Crippen molar-refractivity contribution in [3.05, 3.63) is 0 Å². The predicted octanol–water partition coefficient (Wildman–Crippen LogP) is 0.856. The van der Waals surface area contributed by atoms with Crippen LogP contribution in [0.4, 0.5) is 0 Å². The molecule has 0 heterocycles. The van der Waals surface area contributed by atoms with Crippen LogP contribution in [0, 0.1) is 11.3 Å². The lowest BCUT2D eigenvalue weighted by Crippen LogP contribution is -2.39. The smallest absolute Gasteiger partial charge is 0.202 e. The maximum Gasteiger partial charge on any atom is 0.279 e. The highest BCUT2D eigenvalue weighted by atomic mass is 32.2. The average Bonchev–Trinajstić information content (AvgIpc) is 2.21. The highest BCUT2D eigenvalue weighted by molar-refractivity contribution is 7.87. The molecule has 0 radical (unpaired) electrons. The summed E-state index contributed by atoms with van der Waals surface area (Å²) in [6.07, 6.45) is 3.14. The van der Waals surface area contributed by atoms with Crippen LogP contribution in [0.2, 0.25) is 0 Å². The molecule has 88 valence electrons. The number of nitriles is 1. The molecule has 0 saturated heterocycles. The van der Waals surface area contributed by atoms with Crippen LogP contribution in [0.1, 0.15) is 32.6 Å². The summed E-state index contributed by atoms with van der Waals surface area (Å²) >= 11 is 0. The van der Waals surface area contributed by atoms with Crippen LogP contribution in [0.5, 0.6) is 0 Å². The van der Waals surface area contributed by atoms with Crippen LogP contribution in [-0.4, -0.2) is 32.9 Å². The number of unbranched alkanes of at least 4 members (excludes halogenated alkanes) is 2. The number of nitrogens with one attached hydrogen (secondary N) is 1. The molecule has 0 aliphatic heterocycles. The van der Waals surface area contributed by atoms with Crippen molar-refractivity contribution in [3.63, 3.8) is 0 Å². The summed E-state index contributed by atoms with van der Waals surface area (Å²) in [5, 5.41) is 8.34. The minimum absolute atomic E-state index is 0.215. The van der Waals surface area contributed by atoms with Gasteiger partial charge in [-0.2, -0.15) is 18.0 Å². The SMILES string of the molecule is CCCCCNS(=O)(=O)N(C)CCC#N. The lowest BCUT2D eigenvalue weighted by molar-refractivity contribution is 0.463. The molecule has 1 N–H and O–H groups in total. The van der Waals surface area contributed by atoms with Gasteiger partial charge in [0.15, 0.2) is 0 Å². The van der Waals surface area contributed by atoms with Gasteiger partial charge in [0, 0.05) is 26.6 Å². The molecule has 5 nitrogen and oxygen atoms in total. The third-order valence-corrected chi connectivity index (χ3v) is 3.59. The van der Waals surface area contributed by atoms with Gasteiger partial charge in [-0.05, 0) is 6.42 Å². The molecule has 15 heavy (non-hydrogen) atoms. The molecule has 0 aliphatic rings. The van der Waals surface area contributed by atoms with E-state index in [1.54, 1.807) is 0 Å². The molecule has 0 fully saturated rings. The largest absolute Gasteiger partial charge is 0.279 e. The second-order valence-electron chi connectivity index (χ2n) is 3.34. The van der Waals surface area contributed by atoms with Gasteiger partial charge < -0.3 is 0 Å². The summed E-state index contributed by atoms with van der Waals surface area (Å²) in [4.78, 5) is 0. The summed E-state index contributed by atoms with van der Waals surface area (Å²) < 4.78 is 26.7. The molecule has 6 heteroatoms. The van der Waals surface area contributed by atoms with E-state index in [2.05, 4.69) is 11.6 Å². The van der Waals surface area contributed by atoms with Crippen LogP contribution < -0.4 is 4.72 Å². The molecule has 0 atom stereocenters. The predicted molar refractivity (Wildman–Crippen MR) is 59.3 cm³/mol. The zero-order chi connectivity index (χ0) is 11.7. The van der Waals surface area contributed by atoms with Crippen molar-refractivity contribution in [2.75, 3.05) is 20.1 Å². The molecule has 0 aromatic heterocycles. The van der Waals surface area contributed by atoms with Gasteiger partial charge in [0.2, 0.25) is 0 Å². The van der Waals surface area contributed by atoms with E-state index in [9.17, 15) is 8.42 Å². The van der Waals surface area contributed by atoms with Gasteiger partial charge in [-0.25, -0.2) is 4.72 Å². The van der Waals surface area contributed by atoms with E-state index >= 15 is 0 Å². The minimum Gasteiger partial charge on any atom is -0.202 e. The molecule has 0 aromatic carbocycles. The Hall–Kier alpha value is -0.640. The number of nitrogens with zero attached hydrogens (tertiary/aromatic N) is 2. The third-order valence-electron chi connectivity index (χ3n) is 2.01. The Bertz CT molecular complexity index is 295. The molecule has 0 aliphatic carbocycles. The zero-order valence-electron chi connectivity index (χ0n) is 9.36. The van der Waals surface area contributed by atoms with E-state index < -0.39 is 10.2 Å². The van der Waals surface area contributed by atoms with Crippen molar-refractivity contribution in [2.24, 2.45) is 0 Å². The van der Waals surface area contributed by atoms with Crippen molar-refractivity contribution in [2.45, 2.75) is 32.6 Å². The van der Waals surface area contributed by atoms with Gasteiger partial charge in [0.05, 0.1) is 6.07 Å². The van der Waals surface area contributed by atoms with Gasteiger partial charge in [0.1, 0.15) is 0 Å². The topological polar surface area (TPSA) is 73.2 Å². The minimum atomic E-state index is -3.38. The van der Waals surface area contributed by atoms with Gasteiger partial charge in [-0.1, -0.05) is 19.8 Å². The fourth-order valence-corrected chi connectivity index (χ4v) is 1.97. The third kappa shape index (κ3) is 6.44. The Morgan fingerprint density at radius 1 is 1.40 bits per heavy atom. The molecule has 0 rings (SSSR count). The van der Waals surface area contributed by atoms with E-state index in [0.717, 1.165) is 19.3 Å². The lowest BCUT2D eigenvalue weighted by Gasteiger charge is -2.15. The Labute approximate surface area is 92.3 Å². The molecular weight excluding hydrogens is 214 g/mol. The average molecular weight is 233 g/mol. The van der Waals surface area contributed by atoms with Gasteiger partial charge in [-0.15, -0.1) is 0 Å². The maximum absolute atomic E-state index is 11.5. The summed E-state index contributed by atoms with van der Waals surface area (Å²) in [5.41, 5.74) is 0. The van der Waals surface area contributed by atoms with Crippen LogP contribution in [0.15, 0.2) is 0 Å². The molecule has 0 aromatic rings. The molecule has 0 spiro atoms. The first-order valence-electron chi connectivity index (χ1n) is 5.12. The summed E-state index contributed by atoms with van der Waals surface area (Å²) in [5.74, 6) is 0. The Balaban J connectivity index is 3.90. The van der Waals surface area contributed by atoms with Crippen LogP contribution in [-0.2, 0) is 10.2 Å². The number of rotatable bonds is 8. The van der Waals surface area contributed by atoms with Gasteiger partial charge >= 0.3 is 0 Å². The monoisotopic (exact) mass is 233 g/mol. The molecular formula is C9H19N3O2S. The first kappa shape index (κ1) is 14.4. The quantitative estimate of drug-likeness (QED) is 0.632. The van der Waals surface area contributed by atoms with Crippen LogP contribution in [0.3, 0.4) is 0 Å². The van der Waals surface area contributed by atoms with Crippen LogP contribution in [0.25, 0.3) is 0 Å². The lowest BCUT2D eigenvalue weighted by atomic mass is 10.3. The van der Waals surface area contributed by atoms with E-state index in [1.807, 2.05) is 6.07 Å². The first-order chi connectivity index (χ1) is 7.04. The highest BCUT2D eigenvalue weighted by Gasteiger charge is 2.15. The Morgan fingerprint density at radius 2 is 2.07 bits per heavy atom. The van der Waals surface area contributed by atoms with Crippen molar-refractivity contribution in [1.29, 1.82) is 5.26 Å². The molecule has 0 saturated carbocycles. The molecule has 0 unspecified atom stereocenters. The van der Waals surface area contributed by atoms with Crippen molar-refractivity contribution in [3.8, 4) is 6.07 Å². The fraction of sp³-hybridized carbons (Fsp3) is 0.889. The summed E-state index contributed by atoms with van der Waals surface area (Å²) in [6, 6.07) is 1.91. The standard InChI is InChI=1S/C9H19N3O2S/c1-3-4-5-8-11-15(13,14)12(2)9-6-7-10/h11H,3-6,8-9H2,1-2H3. The first-order valence-corrected chi connectivity index (χ1v) is 6.56. The maximum atomic E-state index is 11.5. The van der Waals surface area contributed by atoms with E-state index in [0.29, 0.717) is 6.54 Å². The van der Waals surface area contributed by atoms with E-state index in [1.165, 1.54) is 11.4 Å². The van der Waals surface area contributed by atoms with Gasteiger partial charge in [0.25, 0.3) is 10.2 Å². The Morgan fingerprint density at radius 3 is 2.60 bits per heavy atom. The van der Waals surface area contributed by atoms with Crippen molar-refractivity contribution < 1.29 is 8.42 Å². The Kier molecular flexibility index (Phi) is 7.30. The van der Waals surface area contributed by atoms with E-state index in [4.69, 9.17) is 5.26 Å². The second kappa shape index (κ2) is 7.63. The van der Waals surface area contributed by atoms with E-state index in [-0.39, 0.29) is 13.0 Å². The normalized spacial score (nSPS) is 11.6. The molecule has 0 amide bonds.